The van der Waals surface area contributed by atoms with Crippen LogP contribution in [0.25, 0.3) is 0 Å². The van der Waals surface area contributed by atoms with Gasteiger partial charge in [-0.1, -0.05) is 23.9 Å². The maximum atomic E-state index is 12.4. The minimum Gasteiger partial charge on any atom is -0.469 e. The van der Waals surface area contributed by atoms with E-state index in [4.69, 9.17) is 9.73 Å². The van der Waals surface area contributed by atoms with Crippen molar-refractivity contribution in [2.75, 3.05) is 23.5 Å². The van der Waals surface area contributed by atoms with Crippen LogP contribution in [-0.2, 0) is 14.3 Å². The van der Waals surface area contributed by atoms with Crippen molar-refractivity contribution < 1.29 is 14.3 Å². The SMILES string of the molecule is COC(=O)CC1=CC(SCC(=O)Nc2cccc(C)c2)=Nc2cc(C)c(C)cc2N1. The van der Waals surface area contributed by atoms with E-state index in [9.17, 15) is 9.59 Å². The first-order valence-corrected chi connectivity index (χ1v) is 10.6. The summed E-state index contributed by atoms with van der Waals surface area (Å²) < 4.78 is 4.80. The Labute approximate surface area is 180 Å². The Kier molecular flexibility index (Phi) is 6.95. The van der Waals surface area contributed by atoms with Gasteiger partial charge in [-0.05, 0) is 67.8 Å². The molecular formula is C23H25N3O3S. The lowest BCUT2D eigenvalue weighted by Crippen LogP contribution is -2.15. The molecule has 1 aliphatic rings. The zero-order valence-electron chi connectivity index (χ0n) is 17.5. The fourth-order valence-electron chi connectivity index (χ4n) is 2.96. The van der Waals surface area contributed by atoms with Gasteiger partial charge in [0.05, 0.1) is 35.7 Å². The Morgan fingerprint density at radius 3 is 2.63 bits per heavy atom. The molecule has 0 aromatic heterocycles. The number of rotatable bonds is 5. The Morgan fingerprint density at radius 2 is 1.90 bits per heavy atom. The molecule has 0 radical (unpaired) electrons. The van der Waals surface area contributed by atoms with Gasteiger partial charge in [-0.25, -0.2) is 4.99 Å². The van der Waals surface area contributed by atoms with Crippen molar-refractivity contribution >= 4 is 45.7 Å². The van der Waals surface area contributed by atoms with Gasteiger partial charge >= 0.3 is 5.97 Å². The first kappa shape index (κ1) is 21.6. The summed E-state index contributed by atoms with van der Waals surface area (Å²) in [5.74, 6) is -0.258. The molecule has 0 aliphatic carbocycles. The molecule has 1 aliphatic heterocycles. The first-order chi connectivity index (χ1) is 14.3. The molecule has 0 bridgehead atoms. The molecule has 2 N–H and O–H groups in total. The summed E-state index contributed by atoms with van der Waals surface area (Å²) in [6.45, 7) is 6.04. The molecule has 0 unspecified atom stereocenters. The maximum Gasteiger partial charge on any atom is 0.311 e. The second kappa shape index (κ2) is 9.63. The third-order valence-electron chi connectivity index (χ3n) is 4.65. The number of nitrogens with zero attached hydrogens (tertiary/aromatic N) is 1. The number of aliphatic imine (C=N–C) groups is 1. The molecule has 2 aromatic rings. The summed E-state index contributed by atoms with van der Waals surface area (Å²) in [7, 11) is 1.36. The van der Waals surface area contributed by atoms with Crippen LogP contribution in [0.15, 0.2) is 53.2 Å². The van der Waals surface area contributed by atoms with Crippen LogP contribution in [0.2, 0.25) is 0 Å². The number of carbonyl (C=O) groups is 2. The zero-order valence-corrected chi connectivity index (χ0v) is 18.4. The Balaban J connectivity index is 1.79. The number of fused-ring (bicyclic) bond motifs is 1. The minimum absolute atomic E-state index is 0.0952. The molecule has 3 rings (SSSR count). The second-order valence-electron chi connectivity index (χ2n) is 7.16. The summed E-state index contributed by atoms with van der Waals surface area (Å²) in [5.41, 5.74) is 6.37. The van der Waals surface area contributed by atoms with E-state index in [1.54, 1.807) is 6.08 Å². The van der Waals surface area contributed by atoms with Gasteiger partial charge in [0.2, 0.25) is 5.91 Å². The molecule has 7 heteroatoms. The van der Waals surface area contributed by atoms with Crippen LogP contribution in [0.5, 0.6) is 0 Å². The largest absolute Gasteiger partial charge is 0.469 e. The molecular weight excluding hydrogens is 398 g/mol. The smallest absolute Gasteiger partial charge is 0.311 e. The highest BCUT2D eigenvalue weighted by Gasteiger charge is 2.16. The van der Waals surface area contributed by atoms with Crippen molar-refractivity contribution in [1.82, 2.24) is 0 Å². The molecule has 1 heterocycles. The number of esters is 1. The van der Waals surface area contributed by atoms with Crippen LogP contribution in [0.3, 0.4) is 0 Å². The highest BCUT2D eigenvalue weighted by atomic mass is 32.2. The number of benzene rings is 2. The van der Waals surface area contributed by atoms with E-state index in [-0.39, 0.29) is 24.1 Å². The minimum atomic E-state index is -0.345. The van der Waals surface area contributed by atoms with Crippen LogP contribution in [0.1, 0.15) is 23.1 Å². The van der Waals surface area contributed by atoms with Gasteiger partial charge in [0, 0.05) is 11.4 Å². The van der Waals surface area contributed by atoms with Crippen LogP contribution in [0.4, 0.5) is 17.1 Å². The van der Waals surface area contributed by atoms with Gasteiger partial charge in [-0.2, -0.15) is 0 Å². The molecule has 2 aromatic carbocycles. The van der Waals surface area contributed by atoms with Crippen molar-refractivity contribution in [3.8, 4) is 0 Å². The summed E-state index contributed by atoms with van der Waals surface area (Å²) in [5, 5.41) is 6.84. The molecule has 0 saturated carbocycles. The van der Waals surface area contributed by atoms with Crippen molar-refractivity contribution in [3.63, 3.8) is 0 Å². The van der Waals surface area contributed by atoms with E-state index >= 15 is 0 Å². The highest BCUT2D eigenvalue weighted by Crippen LogP contribution is 2.33. The summed E-state index contributed by atoms with van der Waals surface area (Å²) >= 11 is 1.32. The number of hydrogen-bond acceptors (Lipinski definition) is 6. The standard InChI is InChI=1S/C23H25N3O3S/c1-14-6-5-7-17(8-14)25-21(27)13-30-22-11-18(12-23(28)29-4)24-19-9-15(2)16(3)10-20(19)26-22/h5-11,24H,12-13H2,1-4H3,(H,25,27). The lowest BCUT2D eigenvalue weighted by molar-refractivity contribution is -0.139. The molecule has 6 nitrogen and oxygen atoms in total. The van der Waals surface area contributed by atoms with Gasteiger partial charge < -0.3 is 15.4 Å². The van der Waals surface area contributed by atoms with Gasteiger partial charge in [-0.15, -0.1) is 0 Å². The Morgan fingerprint density at radius 1 is 1.13 bits per heavy atom. The average Bonchev–Trinajstić information content (AvgIpc) is 2.85. The fourth-order valence-corrected chi connectivity index (χ4v) is 3.70. The van der Waals surface area contributed by atoms with Crippen LogP contribution in [-0.4, -0.2) is 29.8 Å². The van der Waals surface area contributed by atoms with Gasteiger partial charge in [0.1, 0.15) is 0 Å². The quantitative estimate of drug-likeness (QED) is 0.670. The Bertz CT molecular complexity index is 1040. The number of anilines is 2. The topological polar surface area (TPSA) is 79.8 Å². The number of ether oxygens (including phenoxy) is 1. The molecule has 1 amide bonds. The predicted octanol–water partition coefficient (Wildman–Crippen LogP) is 4.89. The number of hydrogen-bond donors (Lipinski definition) is 2. The number of amides is 1. The zero-order chi connectivity index (χ0) is 21.7. The third-order valence-corrected chi connectivity index (χ3v) is 5.56. The molecule has 0 atom stereocenters. The van der Waals surface area contributed by atoms with Crippen molar-refractivity contribution in [3.05, 3.63) is 64.9 Å². The van der Waals surface area contributed by atoms with Crippen molar-refractivity contribution in [1.29, 1.82) is 0 Å². The number of thioether (sulfide) groups is 1. The van der Waals surface area contributed by atoms with E-state index in [2.05, 4.69) is 10.6 Å². The second-order valence-corrected chi connectivity index (χ2v) is 8.15. The molecule has 0 fully saturated rings. The van der Waals surface area contributed by atoms with E-state index in [0.717, 1.165) is 33.8 Å². The number of aryl methyl sites for hydroxylation is 3. The summed E-state index contributed by atoms with van der Waals surface area (Å²) in [4.78, 5) is 28.9. The van der Waals surface area contributed by atoms with Crippen molar-refractivity contribution in [2.45, 2.75) is 27.2 Å². The van der Waals surface area contributed by atoms with E-state index in [0.29, 0.717) is 10.7 Å². The van der Waals surface area contributed by atoms with Crippen LogP contribution >= 0.6 is 11.8 Å². The predicted molar refractivity (Wildman–Crippen MR) is 124 cm³/mol. The Hall–Kier alpha value is -3.06. The van der Waals surface area contributed by atoms with Crippen molar-refractivity contribution in [2.24, 2.45) is 4.99 Å². The average molecular weight is 424 g/mol. The molecule has 0 saturated heterocycles. The van der Waals surface area contributed by atoms with Crippen LogP contribution < -0.4 is 10.6 Å². The van der Waals surface area contributed by atoms with E-state index in [1.165, 1.54) is 18.9 Å². The monoisotopic (exact) mass is 423 g/mol. The lowest BCUT2D eigenvalue weighted by Gasteiger charge is -2.12. The third kappa shape index (κ3) is 5.73. The molecule has 156 valence electrons. The highest BCUT2D eigenvalue weighted by molar-refractivity contribution is 8.14. The number of nitrogens with one attached hydrogen (secondary N) is 2. The van der Waals surface area contributed by atoms with E-state index in [1.807, 2.05) is 57.2 Å². The van der Waals surface area contributed by atoms with E-state index < -0.39 is 0 Å². The number of carbonyl (C=O) groups excluding carboxylic acids is 2. The lowest BCUT2D eigenvalue weighted by atomic mass is 10.1. The maximum absolute atomic E-state index is 12.4. The first-order valence-electron chi connectivity index (χ1n) is 9.57. The molecule has 30 heavy (non-hydrogen) atoms. The molecule has 0 spiro atoms. The van der Waals surface area contributed by atoms with Gasteiger partial charge in [0.25, 0.3) is 0 Å². The van der Waals surface area contributed by atoms with Gasteiger partial charge in [0.15, 0.2) is 0 Å². The fraction of sp³-hybridized carbons (Fsp3) is 0.261. The van der Waals surface area contributed by atoms with Gasteiger partial charge in [-0.3, -0.25) is 9.59 Å². The summed E-state index contributed by atoms with van der Waals surface area (Å²) in [6, 6.07) is 11.7. The van der Waals surface area contributed by atoms with Crippen LogP contribution in [0, 0.1) is 20.8 Å². The summed E-state index contributed by atoms with van der Waals surface area (Å²) in [6.07, 6.45) is 1.89. The normalized spacial score (nSPS) is 12.7. The number of methoxy groups -OCH3 is 1.